The summed E-state index contributed by atoms with van der Waals surface area (Å²) in [6.07, 6.45) is 2.38. The van der Waals surface area contributed by atoms with E-state index >= 15 is 0 Å². The monoisotopic (exact) mass is 562 g/mol. The number of rotatable bonds is 5. The molecule has 10 heteroatoms. The predicted molar refractivity (Wildman–Crippen MR) is 153 cm³/mol. The van der Waals surface area contributed by atoms with Crippen LogP contribution in [0.4, 0.5) is 16.2 Å². The average Bonchev–Trinajstić information content (AvgIpc) is 2.84. The molecule has 8 nitrogen and oxygen atoms in total. The van der Waals surface area contributed by atoms with Gasteiger partial charge in [-0.2, -0.15) is 0 Å². The Kier molecular flexibility index (Phi) is 8.33. The Labute approximate surface area is 231 Å². The van der Waals surface area contributed by atoms with Crippen molar-refractivity contribution in [2.45, 2.75) is 75.8 Å². The van der Waals surface area contributed by atoms with Crippen molar-refractivity contribution in [1.82, 2.24) is 9.62 Å². The molecule has 2 amide bonds. The van der Waals surface area contributed by atoms with Crippen molar-refractivity contribution in [3.05, 3.63) is 59.1 Å². The molecule has 2 aromatic rings. The Morgan fingerprint density at radius 3 is 2.18 bits per heavy atom. The highest BCUT2D eigenvalue weighted by Gasteiger charge is 2.36. The molecule has 208 valence electrons. The summed E-state index contributed by atoms with van der Waals surface area (Å²) < 4.78 is 27.0. The van der Waals surface area contributed by atoms with Crippen molar-refractivity contribution >= 4 is 39.0 Å². The Balaban J connectivity index is 1.29. The highest BCUT2D eigenvalue weighted by molar-refractivity contribution is 7.90. The van der Waals surface area contributed by atoms with Crippen LogP contribution >= 0.6 is 11.6 Å². The fourth-order valence-corrected chi connectivity index (χ4v) is 6.24. The van der Waals surface area contributed by atoms with Crippen molar-refractivity contribution < 1.29 is 18.3 Å². The molecule has 0 spiro atoms. The van der Waals surface area contributed by atoms with Crippen molar-refractivity contribution in [2.75, 3.05) is 29.9 Å². The second kappa shape index (κ2) is 11.0. The fourth-order valence-electron chi connectivity index (χ4n) is 5.11. The van der Waals surface area contributed by atoms with E-state index in [4.69, 9.17) is 11.6 Å². The minimum absolute atomic E-state index is 0.0940. The van der Waals surface area contributed by atoms with Gasteiger partial charge in [0.25, 0.3) is 0 Å². The number of sulfonamides is 1. The van der Waals surface area contributed by atoms with Gasteiger partial charge in [-0.05, 0) is 95.3 Å². The molecule has 2 aromatic carbocycles. The third kappa shape index (κ3) is 6.45. The summed E-state index contributed by atoms with van der Waals surface area (Å²) in [6.45, 7) is 8.90. The number of aliphatic hydroxyl groups is 1. The zero-order valence-electron chi connectivity index (χ0n) is 22.6. The number of piperidine rings is 2. The van der Waals surface area contributed by atoms with E-state index in [1.807, 2.05) is 55.5 Å². The molecule has 4 rings (SSSR count). The second-order valence-electron chi connectivity index (χ2n) is 11.5. The van der Waals surface area contributed by atoms with Gasteiger partial charge in [0.05, 0.1) is 10.3 Å². The summed E-state index contributed by atoms with van der Waals surface area (Å²) in [5.41, 5.74) is 1.79. The second-order valence-corrected chi connectivity index (χ2v) is 14.4. The lowest BCUT2D eigenvalue weighted by Gasteiger charge is -2.40. The standard InChI is InChI=1S/C28H39ClN4O4S/c1-20-19-24(31-38(36,37)27(2,3)4)13-16-33(20)26(34)30-23-9-11-25(12-10-23)32-17-14-28(35,15-18-32)21-5-7-22(29)8-6-21/h5-12,20,24,31,35H,13-19H2,1-4H3,(H,30,34). The van der Waals surface area contributed by atoms with Gasteiger partial charge in [0.2, 0.25) is 10.0 Å². The van der Waals surface area contributed by atoms with Gasteiger partial charge < -0.3 is 20.2 Å². The van der Waals surface area contributed by atoms with Gasteiger partial charge >= 0.3 is 6.03 Å². The molecule has 2 heterocycles. The largest absolute Gasteiger partial charge is 0.385 e. The first-order valence-corrected chi connectivity index (χ1v) is 15.1. The van der Waals surface area contributed by atoms with E-state index in [-0.39, 0.29) is 18.1 Å². The Hall–Kier alpha value is -2.33. The van der Waals surface area contributed by atoms with Gasteiger partial charge in [-0.1, -0.05) is 23.7 Å². The molecule has 3 N–H and O–H groups in total. The fraction of sp³-hybridized carbons (Fsp3) is 0.536. The number of nitrogens with one attached hydrogen (secondary N) is 2. The van der Waals surface area contributed by atoms with Gasteiger partial charge in [-0.3, -0.25) is 0 Å². The number of hydrogen-bond donors (Lipinski definition) is 3. The summed E-state index contributed by atoms with van der Waals surface area (Å²) in [5.74, 6) is 0. The lowest BCUT2D eigenvalue weighted by molar-refractivity contribution is 0.0118. The Bertz CT molecular complexity index is 1220. The summed E-state index contributed by atoms with van der Waals surface area (Å²) >= 11 is 5.99. The third-order valence-corrected chi connectivity index (χ3v) is 10.2. The Morgan fingerprint density at radius 2 is 1.63 bits per heavy atom. The molecule has 2 atom stereocenters. The highest BCUT2D eigenvalue weighted by atomic mass is 35.5. The minimum atomic E-state index is -3.43. The van der Waals surface area contributed by atoms with Crippen molar-refractivity contribution in [2.24, 2.45) is 0 Å². The summed E-state index contributed by atoms with van der Waals surface area (Å²) in [4.78, 5) is 17.0. The summed E-state index contributed by atoms with van der Waals surface area (Å²) in [5, 5.41) is 14.8. The molecule has 0 saturated carbocycles. The number of carbonyl (C=O) groups excluding carboxylic acids is 1. The molecular weight excluding hydrogens is 524 g/mol. The normalized spacial score (nSPS) is 22.3. The number of likely N-dealkylation sites (tertiary alicyclic amines) is 1. The smallest absolute Gasteiger partial charge is 0.322 e. The molecular formula is C28H39ClN4O4S. The molecule has 0 bridgehead atoms. The first-order chi connectivity index (χ1) is 17.8. The van der Waals surface area contributed by atoms with E-state index in [0.717, 1.165) is 24.3 Å². The number of amides is 2. The van der Waals surface area contributed by atoms with Crippen LogP contribution in [-0.4, -0.2) is 60.9 Å². The summed E-state index contributed by atoms with van der Waals surface area (Å²) in [6, 6.07) is 14.7. The number of anilines is 2. The highest BCUT2D eigenvalue weighted by Crippen LogP contribution is 2.35. The molecule has 2 unspecified atom stereocenters. The maximum absolute atomic E-state index is 13.0. The quantitative estimate of drug-likeness (QED) is 0.479. The van der Waals surface area contributed by atoms with E-state index in [0.29, 0.717) is 42.9 Å². The van der Waals surface area contributed by atoms with E-state index in [1.165, 1.54) is 0 Å². The molecule has 0 radical (unpaired) electrons. The number of hydrogen-bond acceptors (Lipinski definition) is 5. The van der Waals surface area contributed by atoms with Crippen LogP contribution in [-0.2, 0) is 15.6 Å². The SMILES string of the molecule is CC1CC(NS(=O)(=O)C(C)(C)C)CCN1C(=O)Nc1ccc(N2CCC(O)(c3ccc(Cl)cc3)CC2)cc1. The van der Waals surface area contributed by atoms with E-state index in [2.05, 4.69) is 14.9 Å². The molecule has 2 aliphatic heterocycles. The van der Waals surface area contributed by atoms with Gasteiger partial charge in [-0.25, -0.2) is 17.9 Å². The van der Waals surface area contributed by atoms with Crippen LogP contribution in [0, 0.1) is 0 Å². The van der Waals surface area contributed by atoms with Gasteiger partial charge in [0.15, 0.2) is 0 Å². The number of nitrogens with zero attached hydrogens (tertiary/aromatic N) is 2. The van der Waals surface area contributed by atoms with Crippen LogP contribution in [0.3, 0.4) is 0 Å². The van der Waals surface area contributed by atoms with Crippen LogP contribution in [0.2, 0.25) is 5.02 Å². The molecule has 2 fully saturated rings. The summed E-state index contributed by atoms with van der Waals surface area (Å²) in [7, 11) is -3.43. The van der Waals surface area contributed by atoms with E-state index in [1.54, 1.807) is 25.7 Å². The first-order valence-electron chi connectivity index (χ1n) is 13.2. The van der Waals surface area contributed by atoms with Crippen LogP contribution in [0.5, 0.6) is 0 Å². The van der Waals surface area contributed by atoms with Crippen LogP contribution in [0.15, 0.2) is 48.5 Å². The minimum Gasteiger partial charge on any atom is -0.385 e. The van der Waals surface area contributed by atoms with Crippen LogP contribution < -0.4 is 14.9 Å². The van der Waals surface area contributed by atoms with Crippen molar-refractivity contribution in [1.29, 1.82) is 0 Å². The lowest BCUT2D eigenvalue weighted by Crippen LogP contribution is -2.54. The third-order valence-electron chi connectivity index (χ3n) is 7.72. The van der Waals surface area contributed by atoms with Crippen molar-refractivity contribution in [3.8, 4) is 0 Å². The molecule has 0 aliphatic carbocycles. The number of benzene rings is 2. The Morgan fingerprint density at radius 1 is 1.03 bits per heavy atom. The van der Waals surface area contributed by atoms with Gasteiger partial charge in [-0.15, -0.1) is 0 Å². The van der Waals surface area contributed by atoms with Gasteiger partial charge in [0, 0.05) is 48.1 Å². The van der Waals surface area contributed by atoms with Crippen LogP contribution in [0.25, 0.3) is 0 Å². The number of halogens is 1. The molecule has 0 aromatic heterocycles. The predicted octanol–water partition coefficient (Wildman–Crippen LogP) is 4.93. The first kappa shape index (κ1) is 28.7. The maximum atomic E-state index is 13.0. The molecule has 2 aliphatic rings. The lowest BCUT2D eigenvalue weighted by atomic mass is 9.84. The maximum Gasteiger partial charge on any atom is 0.322 e. The number of urea groups is 1. The zero-order valence-corrected chi connectivity index (χ0v) is 24.1. The average molecular weight is 563 g/mol. The van der Waals surface area contributed by atoms with E-state index < -0.39 is 20.4 Å². The van der Waals surface area contributed by atoms with Crippen molar-refractivity contribution in [3.63, 3.8) is 0 Å². The number of carbonyl (C=O) groups is 1. The van der Waals surface area contributed by atoms with Crippen LogP contribution in [0.1, 0.15) is 58.9 Å². The molecule has 38 heavy (non-hydrogen) atoms. The topological polar surface area (TPSA) is 102 Å². The molecule has 2 saturated heterocycles. The zero-order chi connectivity index (χ0) is 27.7. The van der Waals surface area contributed by atoms with Gasteiger partial charge in [0.1, 0.15) is 0 Å². The van der Waals surface area contributed by atoms with E-state index in [9.17, 15) is 18.3 Å².